The van der Waals surface area contributed by atoms with Crippen molar-refractivity contribution in [2.45, 2.75) is 39.7 Å². The van der Waals surface area contributed by atoms with Gasteiger partial charge in [-0.2, -0.15) is 5.10 Å². The fourth-order valence-electron chi connectivity index (χ4n) is 2.04. The Kier molecular flexibility index (Phi) is 3.97. The first-order valence-corrected chi connectivity index (χ1v) is 6.45. The van der Waals surface area contributed by atoms with Crippen molar-refractivity contribution in [2.75, 3.05) is 5.32 Å². The Morgan fingerprint density at radius 2 is 2.11 bits per heavy atom. The number of hydrogen-bond acceptors (Lipinski definition) is 3. The predicted octanol–water partition coefficient (Wildman–Crippen LogP) is 3.38. The first-order valence-electron chi connectivity index (χ1n) is 6.45. The van der Waals surface area contributed by atoms with E-state index in [2.05, 4.69) is 40.4 Å². The molecule has 4 nitrogen and oxygen atoms in total. The molecular weight excluding hydrogens is 224 g/mol. The van der Waals surface area contributed by atoms with Crippen LogP contribution in [0.3, 0.4) is 0 Å². The highest BCUT2D eigenvalue weighted by atomic mass is 15.2. The van der Waals surface area contributed by atoms with Crippen LogP contribution in [0.2, 0.25) is 0 Å². The van der Waals surface area contributed by atoms with Gasteiger partial charge in [-0.25, -0.2) is 4.98 Å². The molecule has 2 rings (SSSR count). The van der Waals surface area contributed by atoms with Gasteiger partial charge in [0, 0.05) is 17.3 Å². The third-order valence-electron chi connectivity index (χ3n) is 2.89. The number of H-pyrrole nitrogens is 1. The van der Waals surface area contributed by atoms with Crippen LogP contribution in [0.15, 0.2) is 24.3 Å². The standard InChI is InChI=1S/C14H20N4/c1-4-7-10(2)15-13-9-6-5-8-12(13)14-16-11(3)17-18-14/h5-6,8-10,15H,4,7H2,1-3H3,(H,16,17,18). The van der Waals surface area contributed by atoms with Crippen LogP contribution in [0, 0.1) is 6.92 Å². The summed E-state index contributed by atoms with van der Waals surface area (Å²) in [6, 6.07) is 8.62. The molecular formula is C14H20N4. The molecule has 2 N–H and O–H groups in total. The number of aryl methyl sites for hydroxylation is 1. The summed E-state index contributed by atoms with van der Waals surface area (Å²) in [7, 11) is 0. The van der Waals surface area contributed by atoms with Crippen LogP contribution in [0.5, 0.6) is 0 Å². The van der Waals surface area contributed by atoms with Crippen LogP contribution in [0.4, 0.5) is 5.69 Å². The summed E-state index contributed by atoms with van der Waals surface area (Å²) in [5.74, 6) is 1.58. The molecule has 0 bridgehead atoms. The number of aromatic amines is 1. The normalized spacial score (nSPS) is 12.4. The monoisotopic (exact) mass is 244 g/mol. The molecule has 0 amide bonds. The first kappa shape index (κ1) is 12.6. The van der Waals surface area contributed by atoms with Crippen LogP contribution in [0.25, 0.3) is 11.4 Å². The molecule has 0 saturated heterocycles. The van der Waals surface area contributed by atoms with Crippen LogP contribution < -0.4 is 5.32 Å². The second-order valence-electron chi connectivity index (χ2n) is 4.62. The Labute approximate surface area is 108 Å². The molecule has 1 unspecified atom stereocenters. The third-order valence-corrected chi connectivity index (χ3v) is 2.89. The van der Waals surface area contributed by atoms with Crippen molar-refractivity contribution in [2.24, 2.45) is 0 Å². The molecule has 4 heteroatoms. The molecule has 0 fully saturated rings. The molecule has 1 aromatic heterocycles. The molecule has 1 heterocycles. The van der Waals surface area contributed by atoms with E-state index in [1.807, 2.05) is 25.1 Å². The average Bonchev–Trinajstić information content (AvgIpc) is 2.77. The summed E-state index contributed by atoms with van der Waals surface area (Å²) < 4.78 is 0. The number of hydrogen-bond donors (Lipinski definition) is 2. The van der Waals surface area contributed by atoms with Gasteiger partial charge < -0.3 is 5.32 Å². The Morgan fingerprint density at radius 1 is 1.33 bits per heavy atom. The average molecular weight is 244 g/mol. The van der Waals surface area contributed by atoms with Crippen molar-refractivity contribution in [1.82, 2.24) is 15.2 Å². The number of rotatable bonds is 5. The van der Waals surface area contributed by atoms with E-state index >= 15 is 0 Å². The van der Waals surface area contributed by atoms with Crippen molar-refractivity contribution >= 4 is 5.69 Å². The number of para-hydroxylation sites is 1. The van der Waals surface area contributed by atoms with E-state index in [-0.39, 0.29) is 0 Å². The van der Waals surface area contributed by atoms with Crippen molar-refractivity contribution < 1.29 is 0 Å². The molecule has 1 aromatic carbocycles. The van der Waals surface area contributed by atoms with Gasteiger partial charge in [-0.15, -0.1) is 0 Å². The molecule has 18 heavy (non-hydrogen) atoms. The maximum Gasteiger partial charge on any atom is 0.183 e. The molecule has 0 spiro atoms. The van der Waals surface area contributed by atoms with Gasteiger partial charge in [0.2, 0.25) is 0 Å². The first-order chi connectivity index (χ1) is 8.70. The molecule has 0 aliphatic heterocycles. The van der Waals surface area contributed by atoms with E-state index in [9.17, 15) is 0 Å². The fraction of sp³-hybridized carbons (Fsp3) is 0.429. The van der Waals surface area contributed by atoms with Crippen molar-refractivity contribution in [1.29, 1.82) is 0 Å². The Balaban J connectivity index is 2.25. The molecule has 0 saturated carbocycles. The largest absolute Gasteiger partial charge is 0.382 e. The zero-order chi connectivity index (χ0) is 13.0. The van der Waals surface area contributed by atoms with Crippen molar-refractivity contribution in [3.63, 3.8) is 0 Å². The minimum atomic E-state index is 0.455. The van der Waals surface area contributed by atoms with Gasteiger partial charge in [0.05, 0.1) is 0 Å². The van der Waals surface area contributed by atoms with Crippen LogP contribution in [-0.2, 0) is 0 Å². The quantitative estimate of drug-likeness (QED) is 0.847. The van der Waals surface area contributed by atoms with Gasteiger partial charge in [-0.3, -0.25) is 5.10 Å². The molecule has 0 radical (unpaired) electrons. The van der Waals surface area contributed by atoms with Gasteiger partial charge in [0.25, 0.3) is 0 Å². The smallest absolute Gasteiger partial charge is 0.183 e. The van der Waals surface area contributed by atoms with Crippen LogP contribution >= 0.6 is 0 Å². The molecule has 96 valence electrons. The Hall–Kier alpha value is -1.84. The lowest BCUT2D eigenvalue weighted by Gasteiger charge is -2.16. The van der Waals surface area contributed by atoms with E-state index in [0.29, 0.717) is 6.04 Å². The van der Waals surface area contributed by atoms with E-state index in [1.54, 1.807) is 0 Å². The van der Waals surface area contributed by atoms with E-state index in [4.69, 9.17) is 0 Å². The lowest BCUT2D eigenvalue weighted by Crippen LogP contribution is -2.15. The number of benzene rings is 1. The topological polar surface area (TPSA) is 53.6 Å². The van der Waals surface area contributed by atoms with Gasteiger partial charge in [0.1, 0.15) is 5.82 Å². The third kappa shape index (κ3) is 2.88. The molecule has 0 aliphatic carbocycles. The zero-order valence-electron chi connectivity index (χ0n) is 11.2. The summed E-state index contributed by atoms with van der Waals surface area (Å²) >= 11 is 0. The highest BCUT2D eigenvalue weighted by Crippen LogP contribution is 2.25. The van der Waals surface area contributed by atoms with Gasteiger partial charge in [-0.1, -0.05) is 25.5 Å². The van der Waals surface area contributed by atoms with E-state index in [0.717, 1.165) is 29.3 Å². The van der Waals surface area contributed by atoms with Crippen molar-refractivity contribution in [3.8, 4) is 11.4 Å². The fourth-order valence-corrected chi connectivity index (χ4v) is 2.04. The number of aromatic nitrogens is 3. The second kappa shape index (κ2) is 5.67. The maximum absolute atomic E-state index is 4.39. The van der Waals surface area contributed by atoms with E-state index in [1.165, 1.54) is 6.42 Å². The number of nitrogens with one attached hydrogen (secondary N) is 2. The minimum absolute atomic E-state index is 0.455. The number of anilines is 1. The summed E-state index contributed by atoms with van der Waals surface area (Å²) in [5, 5.41) is 10.6. The van der Waals surface area contributed by atoms with Gasteiger partial charge in [-0.05, 0) is 32.4 Å². The Bertz CT molecular complexity index is 504. The molecule has 1 atom stereocenters. The van der Waals surface area contributed by atoms with Gasteiger partial charge in [0.15, 0.2) is 5.82 Å². The molecule has 2 aromatic rings. The summed E-state index contributed by atoms with van der Waals surface area (Å²) in [6.07, 6.45) is 2.33. The highest BCUT2D eigenvalue weighted by molar-refractivity contribution is 5.73. The number of nitrogens with zero attached hydrogens (tertiary/aromatic N) is 2. The van der Waals surface area contributed by atoms with E-state index < -0.39 is 0 Å². The minimum Gasteiger partial charge on any atom is -0.382 e. The Morgan fingerprint density at radius 3 is 2.78 bits per heavy atom. The lowest BCUT2D eigenvalue weighted by molar-refractivity contribution is 0.690. The summed E-state index contributed by atoms with van der Waals surface area (Å²) in [4.78, 5) is 4.39. The van der Waals surface area contributed by atoms with Crippen LogP contribution in [-0.4, -0.2) is 21.2 Å². The van der Waals surface area contributed by atoms with Gasteiger partial charge >= 0.3 is 0 Å². The SMILES string of the molecule is CCCC(C)Nc1ccccc1-c1n[nH]c(C)n1. The molecule has 0 aliphatic rings. The van der Waals surface area contributed by atoms with Crippen LogP contribution in [0.1, 0.15) is 32.5 Å². The van der Waals surface area contributed by atoms with Crippen molar-refractivity contribution in [3.05, 3.63) is 30.1 Å². The second-order valence-corrected chi connectivity index (χ2v) is 4.62. The maximum atomic E-state index is 4.39. The lowest BCUT2D eigenvalue weighted by atomic mass is 10.1. The zero-order valence-corrected chi connectivity index (χ0v) is 11.2. The highest BCUT2D eigenvalue weighted by Gasteiger charge is 2.10. The predicted molar refractivity (Wildman–Crippen MR) is 74.5 cm³/mol. The summed E-state index contributed by atoms with van der Waals surface area (Å²) in [5.41, 5.74) is 2.14. The summed E-state index contributed by atoms with van der Waals surface area (Å²) in [6.45, 7) is 6.30.